The number of carbonyl (C=O) groups is 2. The van der Waals surface area contributed by atoms with Crippen LogP contribution in [0.3, 0.4) is 0 Å². The van der Waals surface area contributed by atoms with Crippen molar-refractivity contribution in [3.8, 4) is 5.75 Å². The summed E-state index contributed by atoms with van der Waals surface area (Å²) in [5, 5.41) is 12.1. The number of carbonyl (C=O) groups excluding carboxylic acids is 1. The SMILES string of the molecule is O=C(O)C1CCN(C(=O)C2CNc3ccccc3O2)C1. The van der Waals surface area contributed by atoms with E-state index in [4.69, 9.17) is 9.84 Å². The third-order valence-electron chi connectivity index (χ3n) is 3.76. The highest BCUT2D eigenvalue weighted by Gasteiger charge is 2.36. The Balaban J connectivity index is 1.66. The van der Waals surface area contributed by atoms with Gasteiger partial charge in [0.1, 0.15) is 5.75 Å². The lowest BCUT2D eigenvalue weighted by Crippen LogP contribution is -2.46. The molecule has 1 amide bonds. The Bertz CT molecular complexity index is 546. The molecule has 2 aliphatic heterocycles. The van der Waals surface area contributed by atoms with Crippen molar-refractivity contribution < 1.29 is 19.4 Å². The van der Waals surface area contributed by atoms with Gasteiger partial charge in [-0.15, -0.1) is 0 Å². The molecular formula is C14H16N2O4. The van der Waals surface area contributed by atoms with Gasteiger partial charge < -0.3 is 20.1 Å². The summed E-state index contributed by atoms with van der Waals surface area (Å²) < 4.78 is 5.70. The quantitative estimate of drug-likeness (QED) is 0.835. The molecule has 0 saturated carbocycles. The van der Waals surface area contributed by atoms with E-state index in [0.717, 1.165) is 5.69 Å². The first-order chi connectivity index (χ1) is 9.65. The Morgan fingerprint density at radius 3 is 2.90 bits per heavy atom. The molecule has 106 valence electrons. The van der Waals surface area contributed by atoms with Crippen LogP contribution in [0.25, 0.3) is 0 Å². The van der Waals surface area contributed by atoms with E-state index in [9.17, 15) is 9.59 Å². The van der Waals surface area contributed by atoms with Crippen molar-refractivity contribution in [3.05, 3.63) is 24.3 Å². The van der Waals surface area contributed by atoms with Crippen molar-refractivity contribution in [2.24, 2.45) is 5.92 Å². The second kappa shape index (κ2) is 5.03. The van der Waals surface area contributed by atoms with Gasteiger partial charge in [-0.1, -0.05) is 12.1 Å². The first-order valence-electron chi connectivity index (χ1n) is 6.66. The summed E-state index contributed by atoms with van der Waals surface area (Å²) in [5.74, 6) is -0.780. The zero-order valence-electron chi connectivity index (χ0n) is 10.9. The molecule has 2 aliphatic rings. The number of fused-ring (bicyclic) bond motifs is 1. The molecule has 20 heavy (non-hydrogen) atoms. The van der Waals surface area contributed by atoms with Gasteiger partial charge in [-0.05, 0) is 18.6 Å². The molecule has 0 spiro atoms. The zero-order valence-corrected chi connectivity index (χ0v) is 10.9. The molecule has 0 aromatic heterocycles. The standard InChI is InChI=1S/C14H16N2O4/c17-13(16-6-5-9(8-16)14(18)19)12-7-15-10-3-1-2-4-11(10)20-12/h1-4,9,12,15H,5-8H2,(H,18,19). The number of ether oxygens (including phenoxy) is 1. The average Bonchev–Trinajstić information content (AvgIpc) is 2.96. The number of nitrogens with zero attached hydrogens (tertiary/aromatic N) is 1. The van der Waals surface area contributed by atoms with Gasteiger partial charge in [0, 0.05) is 13.1 Å². The van der Waals surface area contributed by atoms with E-state index in [1.165, 1.54) is 0 Å². The second-order valence-corrected chi connectivity index (χ2v) is 5.09. The Labute approximate surface area is 116 Å². The number of likely N-dealkylation sites (tertiary alicyclic amines) is 1. The molecule has 1 aromatic carbocycles. The van der Waals surface area contributed by atoms with Crippen LogP contribution in [-0.4, -0.2) is 47.6 Å². The lowest BCUT2D eigenvalue weighted by Gasteiger charge is -2.29. The van der Waals surface area contributed by atoms with E-state index in [1.54, 1.807) is 4.90 Å². The fraction of sp³-hybridized carbons (Fsp3) is 0.429. The maximum atomic E-state index is 12.3. The molecule has 3 rings (SSSR count). The van der Waals surface area contributed by atoms with Crippen LogP contribution < -0.4 is 10.1 Å². The van der Waals surface area contributed by atoms with Gasteiger partial charge >= 0.3 is 5.97 Å². The summed E-state index contributed by atoms with van der Waals surface area (Å²) in [6.07, 6.45) is -0.0740. The first-order valence-corrected chi connectivity index (χ1v) is 6.66. The zero-order chi connectivity index (χ0) is 14.1. The van der Waals surface area contributed by atoms with Crippen molar-refractivity contribution in [1.29, 1.82) is 0 Å². The molecule has 6 nitrogen and oxygen atoms in total. The molecule has 0 radical (unpaired) electrons. The topological polar surface area (TPSA) is 78.9 Å². The molecule has 2 heterocycles. The number of para-hydroxylation sites is 2. The van der Waals surface area contributed by atoms with Crippen LogP contribution in [0.4, 0.5) is 5.69 Å². The van der Waals surface area contributed by atoms with E-state index in [2.05, 4.69) is 5.32 Å². The Morgan fingerprint density at radius 1 is 1.35 bits per heavy atom. The summed E-state index contributed by atoms with van der Waals surface area (Å²) in [7, 11) is 0. The maximum absolute atomic E-state index is 12.3. The van der Waals surface area contributed by atoms with Gasteiger partial charge in [-0.25, -0.2) is 0 Å². The highest BCUT2D eigenvalue weighted by Crippen LogP contribution is 2.29. The number of benzene rings is 1. The number of rotatable bonds is 2. The molecule has 1 fully saturated rings. The molecule has 0 aliphatic carbocycles. The molecule has 1 saturated heterocycles. The highest BCUT2D eigenvalue weighted by atomic mass is 16.5. The minimum absolute atomic E-state index is 0.143. The largest absolute Gasteiger partial charge is 0.481 e. The van der Waals surface area contributed by atoms with Crippen LogP contribution in [0.1, 0.15) is 6.42 Å². The van der Waals surface area contributed by atoms with Crippen molar-refractivity contribution in [3.63, 3.8) is 0 Å². The number of hydrogen-bond acceptors (Lipinski definition) is 4. The minimum atomic E-state index is -0.840. The number of aliphatic carboxylic acids is 1. The lowest BCUT2D eigenvalue weighted by atomic mass is 10.1. The number of amides is 1. The molecule has 1 aromatic rings. The van der Waals surface area contributed by atoms with E-state index in [1.807, 2.05) is 24.3 Å². The predicted octanol–water partition coefficient (Wildman–Crippen LogP) is 0.793. The smallest absolute Gasteiger partial charge is 0.308 e. The summed E-state index contributed by atoms with van der Waals surface area (Å²) in [6, 6.07) is 7.46. The maximum Gasteiger partial charge on any atom is 0.308 e. The summed E-state index contributed by atoms with van der Waals surface area (Å²) in [4.78, 5) is 24.9. The molecular weight excluding hydrogens is 260 g/mol. The number of nitrogens with one attached hydrogen (secondary N) is 1. The van der Waals surface area contributed by atoms with E-state index < -0.39 is 18.0 Å². The summed E-state index contributed by atoms with van der Waals surface area (Å²) in [6.45, 7) is 1.16. The molecule has 2 unspecified atom stereocenters. The molecule has 0 bridgehead atoms. The van der Waals surface area contributed by atoms with E-state index >= 15 is 0 Å². The van der Waals surface area contributed by atoms with Crippen LogP contribution in [-0.2, 0) is 9.59 Å². The van der Waals surface area contributed by atoms with Crippen LogP contribution in [0.15, 0.2) is 24.3 Å². The van der Waals surface area contributed by atoms with Gasteiger partial charge in [-0.2, -0.15) is 0 Å². The van der Waals surface area contributed by atoms with Gasteiger partial charge in [-0.3, -0.25) is 9.59 Å². The first kappa shape index (κ1) is 12.8. The average molecular weight is 276 g/mol. The fourth-order valence-corrected chi connectivity index (χ4v) is 2.62. The van der Waals surface area contributed by atoms with Gasteiger partial charge in [0.05, 0.1) is 18.2 Å². The predicted molar refractivity (Wildman–Crippen MR) is 71.7 cm³/mol. The summed E-state index contributed by atoms with van der Waals surface area (Å²) in [5.41, 5.74) is 0.876. The summed E-state index contributed by atoms with van der Waals surface area (Å²) >= 11 is 0. The Morgan fingerprint density at radius 2 is 2.15 bits per heavy atom. The monoisotopic (exact) mass is 276 g/mol. The van der Waals surface area contributed by atoms with Gasteiger partial charge in [0.15, 0.2) is 6.10 Å². The fourth-order valence-electron chi connectivity index (χ4n) is 2.62. The molecule has 6 heteroatoms. The molecule has 2 N–H and O–H groups in total. The van der Waals surface area contributed by atoms with Crippen molar-refractivity contribution >= 4 is 17.6 Å². The second-order valence-electron chi connectivity index (χ2n) is 5.09. The Kier molecular flexibility index (Phi) is 3.22. The van der Waals surface area contributed by atoms with Crippen molar-refractivity contribution in [1.82, 2.24) is 4.90 Å². The number of hydrogen-bond donors (Lipinski definition) is 2. The van der Waals surface area contributed by atoms with E-state index in [0.29, 0.717) is 25.3 Å². The van der Waals surface area contributed by atoms with Crippen molar-refractivity contribution in [2.45, 2.75) is 12.5 Å². The van der Waals surface area contributed by atoms with Crippen LogP contribution >= 0.6 is 0 Å². The normalized spacial score (nSPS) is 24.5. The third kappa shape index (κ3) is 2.29. The minimum Gasteiger partial charge on any atom is -0.481 e. The third-order valence-corrected chi connectivity index (χ3v) is 3.76. The molecule has 2 atom stereocenters. The van der Waals surface area contributed by atoms with Crippen LogP contribution in [0, 0.1) is 5.92 Å². The number of carboxylic acids is 1. The van der Waals surface area contributed by atoms with E-state index in [-0.39, 0.29) is 12.5 Å². The number of anilines is 1. The lowest BCUT2D eigenvalue weighted by molar-refractivity contribution is -0.142. The van der Waals surface area contributed by atoms with Gasteiger partial charge in [0.25, 0.3) is 5.91 Å². The highest BCUT2D eigenvalue weighted by molar-refractivity contribution is 5.84. The number of carboxylic acid groups (broad SMARTS) is 1. The van der Waals surface area contributed by atoms with Crippen molar-refractivity contribution in [2.75, 3.05) is 25.0 Å². The van der Waals surface area contributed by atoms with Crippen LogP contribution in [0.5, 0.6) is 5.75 Å². The Hall–Kier alpha value is -2.24. The van der Waals surface area contributed by atoms with Crippen LogP contribution in [0.2, 0.25) is 0 Å². The van der Waals surface area contributed by atoms with Gasteiger partial charge in [0.2, 0.25) is 0 Å².